The highest BCUT2D eigenvalue weighted by molar-refractivity contribution is 6.33. The molecule has 3 aliphatic rings. The van der Waals surface area contributed by atoms with E-state index in [1.807, 2.05) is 0 Å². The van der Waals surface area contributed by atoms with Gasteiger partial charge >= 0.3 is 0 Å². The maximum absolute atomic E-state index is 13.2. The number of primary amides is 1. The third kappa shape index (κ3) is 2.44. The number of ketones is 2. The topological polar surface area (TPSA) is 167 Å². The number of carbonyl (C=O) groups excluding carboxylic acids is 3. The fourth-order valence-corrected chi connectivity index (χ4v) is 4.39. The molecule has 0 spiro atoms. The van der Waals surface area contributed by atoms with E-state index >= 15 is 0 Å². The molecule has 0 bridgehead atoms. The van der Waals surface area contributed by atoms with Gasteiger partial charge in [0, 0.05) is 36.0 Å². The molecule has 152 valence electrons. The lowest BCUT2D eigenvalue weighted by molar-refractivity contribution is -0.140. The minimum atomic E-state index is -2.18. The zero-order valence-electron chi connectivity index (χ0n) is 15.5. The highest BCUT2D eigenvalue weighted by Crippen LogP contribution is 2.51. The summed E-state index contributed by atoms with van der Waals surface area (Å²) in [5.41, 5.74) is 1.85. The van der Waals surface area contributed by atoms with Gasteiger partial charge in [0.25, 0.3) is 0 Å². The smallest absolute Gasteiger partial charge is 0.249 e. The Balaban J connectivity index is 2.03. The first-order valence-electron chi connectivity index (χ1n) is 9.00. The van der Waals surface area contributed by atoms with Gasteiger partial charge in [-0.05, 0) is 6.42 Å². The van der Waals surface area contributed by atoms with Crippen LogP contribution in [0.25, 0.3) is 0 Å². The van der Waals surface area contributed by atoms with E-state index in [4.69, 9.17) is 10.5 Å². The number of benzene rings is 1. The van der Waals surface area contributed by atoms with Crippen LogP contribution >= 0.6 is 0 Å². The quantitative estimate of drug-likeness (QED) is 0.441. The Labute approximate surface area is 164 Å². The molecule has 0 aliphatic heterocycles. The molecule has 9 heteroatoms. The van der Waals surface area contributed by atoms with E-state index < -0.39 is 64.6 Å². The summed E-state index contributed by atoms with van der Waals surface area (Å²) in [5, 5.41) is 42.5. The average Bonchev–Trinajstić information content (AvgIpc) is 2.67. The van der Waals surface area contributed by atoms with Gasteiger partial charge in [-0.15, -0.1) is 0 Å². The second kappa shape index (κ2) is 6.16. The summed E-state index contributed by atoms with van der Waals surface area (Å²) in [7, 11) is 1.37. The molecule has 1 aromatic carbocycles. The SMILES string of the molecule is COC1=C2C(=O)c3c(O)c4c(c(O)c3C(=O)C2=CCC1)C[C@@](O)(C(N)=O)C[C@@H]4O. The number of aromatic hydroxyl groups is 2. The maximum Gasteiger partial charge on any atom is 0.249 e. The predicted molar refractivity (Wildman–Crippen MR) is 97.2 cm³/mol. The number of aliphatic hydroxyl groups is 2. The Morgan fingerprint density at radius 3 is 2.48 bits per heavy atom. The van der Waals surface area contributed by atoms with Gasteiger partial charge in [-0.1, -0.05) is 6.08 Å². The van der Waals surface area contributed by atoms with E-state index in [1.165, 1.54) is 7.11 Å². The molecular weight excluding hydrogens is 382 g/mol. The van der Waals surface area contributed by atoms with Gasteiger partial charge in [0.05, 0.1) is 29.9 Å². The number of amides is 1. The molecule has 0 fully saturated rings. The normalized spacial score (nSPS) is 25.8. The summed E-state index contributed by atoms with van der Waals surface area (Å²) in [6.45, 7) is 0. The molecule has 1 amide bonds. The van der Waals surface area contributed by atoms with Gasteiger partial charge in [-0.2, -0.15) is 0 Å². The Bertz CT molecular complexity index is 1070. The van der Waals surface area contributed by atoms with Gasteiger partial charge in [-0.3, -0.25) is 14.4 Å². The third-order valence-electron chi connectivity index (χ3n) is 5.82. The van der Waals surface area contributed by atoms with Crippen LogP contribution < -0.4 is 5.73 Å². The number of hydrogen-bond acceptors (Lipinski definition) is 8. The van der Waals surface area contributed by atoms with Crippen LogP contribution in [0.1, 0.15) is 57.2 Å². The Morgan fingerprint density at radius 1 is 1.21 bits per heavy atom. The molecule has 2 atom stereocenters. The van der Waals surface area contributed by atoms with Crippen LogP contribution in [0, 0.1) is 0 Å². The zero-order valence-corrected chi connectivity index (χ0v) is 15.5. The predicted octanol–water partition coefficient (Wildman–Crippen LogP) is 0.293. The molecule has 0 saturated carbocycles. The standard InChI is InChI=1S/C20H19NO8/c1-29-10-4-2-3-7-12(10)18(26)14-13(15(7)23)16(24)8-5-20(28,19(21)27)6-9(22)11(8)17(14)25/h3,9,22,24-25,28H,2,4-6H2,1H3,(H2,21,27)/t9-,20-/m0/s1. The van der Waals surface area contributed by atoms with Crippen molar-refractivity contribution < 1.29 is 39.5 Å². The van der Waals surface area contributed by atoms with Crippen molar-refractivity contribution in [3.8, 4) is 11.5 Å². The first kappa shape index (κ1) is 19.2. The molecule has 9 nitrogen and oxygen atoms in total. The summed E-state index contributed by atoms with van der Waals surface area (Å²) in [6, 6.07) is 0. The van der Waals surface area contributed by atoms with Crippen LogP contribution in [0.15, 0.2) is 23.0 Å². The fraction of sp³-hybridized carbons (Fsp3) is 0.350. The Kier molecular flexibility index (Phi) is 4.07. The largest absolute Gasteiger partial charge is 0.507 e. The third-order valence-corrected chi connectivity index (χ3v) is 5.82. The number of Topliss-reactive ketones (excluding diaryl/α,β-unsaturated/α-hetero) is 2. The fourth-order valence-electron chi connectivity index (χ4n) is 4.39. The van der Waals surface area contributed by atoms with Crippen LogP contribution in [0.5, 0.6) is 11.5 Å². The van der Waals surface area contributed by atoms with E-state index in [9.17, 15) is 34.8 Å². The first-order chi connectivity index (χ1) is 13.6. The number of aliphatic hydroxyl groups excluding tert-OH is 1. The van der Waals surface area contributed by atoms with Crippen molar-refractivity contribution in [2.45, 2.75) is 37.4 Å². The van der Waals surface area contributed by atoms with Crippen molar-refractivity contribution in [1.29, 1.82) is 0 Å². The molecule has 0 heterocycles. The van der Waals surface area contributed by atoms with Crippen molar-refractivity contribution in [1.82, 2.24) is 0 Å². The molecule has 6 N–H and O–H groups in total. The summed E-state index contributed by atoms with van der Waals surface area (Å²) in [4.78, 5) is 37.9. The minimum Gasteiger partial charge on any atom is -0.507 e. The summed E-state index contributed by atoms with van der Waals surface area (Å²) in [5.74, 6) is -3.56. The molecule has 0 unspecified atom stereocenters. The lowest BCUT2D eigenvalue weighted by atomic mass is 9.71. The number of phenols is 2. The number of methoxy groups -OCH3 is 1. The number of carbonyl (C=O) groups is 3. The Hall–Kier alpha value is -3.17. The lowest BCUT2D eigenvalue weighted by Crippen LogP contribution is -2.49. The molecule has 0 aromatic heterocycles. The second-order valence-electron chi connectivity index (χ2n) is 7.45. The van der Waals surface area contributed by atoms with Gasteiger partial charge in [0.2, 0.25) is 11.7 Å². The highest BCUT2D eigenvalue weighted by Gasteiger charge is 2.48. The van der Waals surface area contributed by atoms with Crippen molar-refractivity contribution >= 4 is 17.5 Å². The molecule has 0 saturated heterocycles. The van der Waals surface area contributed by atoms with Crippen molar-refractivity contribution in [3.63, 3.8) is 0 Å². The van der Waals surface area contributed by atoms with E-state index in [0.717, 1.165) is 0 Å². The van der Waals surface area contributed by atoms with E-state index in [-0.39, 0.29) is 22.3 Å². The average molecular weight is 401 g/mol. The van der Waals surface area contributed by atoms with Crippen LogP contribution in [0.4, 0.5) is 0 Å². The van der Waals surface area contributed by atoms with Gasteiger partial charge in [0.1, 0.15) is 22.9 Å². The lowest BCUT2D eigenvalue weighted by Gasteiger charge is -2.36. The summed E-state index contributed by atoms with van der Waals surface area (Å²) < 4.78 is 5.24. The van der Waals surface area contributed by atoms with Gasteiger partial charge in [-0.25, -0.2) is 0 Å². The number of ether oxygens (including phenoxy) is 1. The van der Waals surface area contributed by atoms with Gasteiger partial charge in [0.15, 0.2) is 5.78 Å². The number of fused-ring (bicyclic) bond motifs is 3. The van der Waals surface area contributed by atoms with E-state index in [1.54, 1.807) is 6.08 Å². The van der Waals surface area contributed by atoms with E-state index in [2.05, 4.69) is 0 Å². The first-order valence-corrected chi connectivity index (χ1v) is 9.00. The van der Waals surface area contributed by atoms with Crippen LogP contribution in [0.2, 0.25) is 0 Å². The van der Waals surface area contributed by atoms with Crippen LogP contribution in [-0.4, -0.2) is 50.6 Å². The van der Waals surface area contributed by atoms with Crippen LogP contribution in [0.3, 0.4) is 0 Å². The molecular formula is C20H19NO8. The molecule has 4 rings (SSSR count). The minimum absolute atomic E-state index is 0.0184. The summed E-state index contributed by atoms with van der Waals surface area (Å²) in [6.07, 6.45) is -0.224. The van der Waals surface area contributed by atoms with E-state index in [0.29, 0.717) is 18.6 Å². The number of rotatable bonds is 2. The molecule has 29 heavy (non-hydrogen) atoms. The number of phenolic OH excluding ortho intramolecular Hbond substituents is 2. The zero-order chi connectivity index (χ0) is 21.2. The molecule has 1 aromatic rings. The second-order valence-corrected chi connectivity index (χ2v) is 7.45. The Morgan fingerprint density at radius 2 is 1.86 bits per heavy atom. The monoisotopic (exact) mass is 401 g/mol. The van der Waals surface area contributed by atoms with Crippen LogP contribution in [-0.2, 0) is 16.0 Å². The number of hydrogen-bond donors (Lipinski definition) is 5. The number of nitrogens with two attached hydrogens (primary N) is 1. The summed E-state index contributed by atoms with van der Waals surface area (Å²) >= 11 is 0. The van der Waals surface area contributed by atoms with Crippen molar-refractivity contribution in [2.24, 2.45) is 5.73 Å². The highest BCUT2D eigenvalue weighted by atomic mass is 16.5. The van der Waals surface area contributed by atoms with Gasteiger partial charge < -0.3 is 30.9 Å². The molecule has 0 radical (unpaired) electrons. The maximum atomic E-state index is 13.2. The number of allylic oxidation sites excluding steroid dienone is 4. The molecule has 3 aliphatic carbocycles. The van der Waals surface area contributed by atoms with Crippen molar-refractivity contribution in [3.05, 3.63) is 45.2 Å². The van der Waals surface area contributed by atoms with Crippen molar-refractivity contribution in [2.75, 3.05) is 7.11 Å².